The van der Waals surface area contributed by atoms with Crippen molar-refractivity contribution in [3.05, 3.63) is 17.6 Å². The minimum atomic E-state index is -0.653. The van der Waals surface area contributed by atoms with E-state index < -0.39 is 5.34 Å². The van der Waals surface area contributed by atoms with E-state index in [1.807, 2.05) is 0 Å². The summed E-state index contributed by atoms with van der Waals surface area (Å²) in [6.07, 6.45) is 0. The van der Waals surface area contributed by atoms with Crippen LogP contribution in [0.25, 0.3) is 0 Å². The van der Waals surface area contributed by atoms with E-state index in [-0.39, 0.29) is 5.82 Å². The summed E-state index contributed by atoms with van der Waals surface area (Å²) in [5.74, 6) is 5.46. The van der Waals surface area contributed by atoms with Gasteiger partial charge in [-0.25, -0.2) is 0 Å². The maximum atomic E-state index is 10.6. The Bertz CT molecular complexity index is 118. The van der Waals surface area contributed by atoms with Crippen LogP contribution < -0.4 is 16.5 Å². The van der Waals surface area contributed by atoms with E-state index in [1.165, 1.54) is 7.11 Å². The Morgan fingerprint density at radius 1 is 1.90 bits per heavy atom. The summed E-state index contributed by atoms with van der Waals surface area (Å²) in [7, 11) is 2.84. The number of quaternary nitrogens is 1. The van der Waals surface area contributed by atoms with Gasteiger partial charge >= 0.3 is 0 Å². The minimum absolute atomic E-state index is 0.284. The van der Waals surface area contributed by atoms with Crippen molar-refractivity contribution in [1.29, 1.82) is 0 Å². The monoisotopic (exact) mass is 148 g/mol. The summed E-state index contributed by atoms with van der Waals surface area (Å²) in [6.45, 7) is 3.43. The molecule has 0 saturated carbocycles. The molecule has 0 bridgehead atoms. The summed E-state index contributed by atoms with van der Waals surface area (Å²) in [5, 5.41) is 13.3. The van der Waals surface area contributed by atoms with Crippen LogP contribution in [0.4, 0.5) is 0 Å². The van der Waals surface area contributed by atoms with Crippen molar-refractivity contribution in [2.24, 2.45) is 5.84 Å². The van der Waals surface area contributed by atoms with E-state index in [2.05, 4.69) is 16.7 Å². The Hall–Kier alpha value is -0.820. The van der Waals surface area contributed by atoms with Gasteiger partial charge in [-0.1, -0.05) is 6.58 Å². The van der Waals surface area contributed by atoms with Crippen LogP contribution in [-0.2, 0) is 4.84 Å². The van der Waals surface area contributed by atoms with Crippen LogP contribution in [0.1, 0.15) is 0 Å². The predicted octanol–water partition coefficient (Wildman–Crippen LogP) is -2.29. The smallest absolute Gasteiger partial charge is 0.166 e. The minimum Gasteiger partial charge on any atom is -0.573 e. The zero-order chi connectivity index (χ0) is 8.15. The van der Waals surface area contributed by atoms with Crippen molar-refractivity contribution in [2.45, 2.75) is 0 Å². The molecule has 0 heterocycles. The summed E-state index contributed by atoms with van der Waals surface area (Å²) in [4.78, 5) is 4.30. The summed E-state index contributed by atoms with van der Waals surface area (Å²) in [6, 6.07) is 0. The van der Waals surface area contributed by atoms with Crippen molar-refractivity contribution >= 4 is 0 Å². The first-order chi connectivity index (χ1) is 4.63. The Balaban J connectivity index is 3.81. The largest absolute Gasteiger partial charge is 0.573 e. The van der Waals surface area contributed by atoms with Gasteiger partial charge in [-0.3, -0.25) is 0 Å². The molecular formula is C4H12N4O2. The number of rotatable bonds is 4. The molecule has 10 heavy (non-hydrogen) atoms. The fraction of sp³-hybridized carbons (Fsp3) is 0.500. The number of hydrogen-bond donors (Lipinski definition) is 3. The van der Waals surface area contributed by atoms with Crippen LogP contribution in [0.3, 0.4) is 0 Å². The van der Waals surface area contributed by atoms with Crippen molar-refractivity contribution in [3.63, 3.8) is 0 Å². The van der Waals surface area contributed by atoms with Crippen LogP contribution >= 0.6 is 0 Å². The SMILES string of the molecule is C=C(NC)N(N)[NH+]([O-])OC. The van der Waals surface area contributed by atoms with E-state index >= 15 is 0 Å². The second kappa shape index (κ2) is 4.07. The van der Waals surface area contributed by atoms with Crippen molar-refractivity contribution in [3.8, 4) is 0 Å². The highest BCUT2D eigenvalue weighted by Gasteiger charge is 2.06. The lowest BCUT2D eigenvalue weighted by Gasteiger charge is -2.27. The molecule has 0 saturated heterocycles. The van der Waals surface area contributed by atoms with Gasteiger partial charge in [0.1, 0.15) is 0 Å². The number of nitrogens with one attached hydrogen (secondary N) is 2. The van der Waals surface area contributed by atoms with E-state index in [0.29, 0.717) is 0 Å². The summed E-state index contributed by atoms with van der Waals surface area (Å²) < 4.78 is 0. The third-order valence-electron chi connectivity index (χ3n) is 0.951. The fourth-order valence-corrected chi connectivity index (χ4v) is 0.329. The molecule has 1 unspecified atom stereocenters. The lowest BCUT2D eigenvalue weighted by atomic mass is 10.8. The molecule has 4 N–H and O–H groups in total. The highest BCUT2D eigenvalue weighted by atomic mass is 16.9. The first-order valence-electron chi connectivity index (χ1n) is 2.63. The van der Waals surface area contributed by atoms with E-state index in [9.17, 15) is 5.21 Å². The van der Waals surface area contributed by atoms with Gasteiger partial charge in [-0.05, 0) is 0 Å². The number of nitrogens with two attached hydrogens (primary N) is 1. The quantitative estimate of drug-likeness (QED) is 0.309. The second-order valence-corrected chi connectivity index (χ2v) is 1.54. The molecule has 0 radical (unpaired) electrons. The first kappa shape index (κ1) is 9.18. The molecule has 1 atom stereocenters. The summed E-state index contributed by atoms with van der Waals surface area (Å²) >= 11 is 0. The standard InChI is InChI=1S/C4H12N4O2/c1-4(6-2)7(5)8(9)10-3/h6,8H,1,5H2,2-3H3. The topological polar surface area (TPSA) is 78.0 Å². The second-order valence-electron chi connectivity index (χ2n) is 1.54. The first-order valence-corrected chi connectivity index (χ1v) is 2.63. The number of nitrogens with zero attached hydrogens (tertiary/aromatic N) is 1. The fourth-order valence-electron chi connectivity index (χ4n) is 0.329. The Morgan fingerprint density at radius 3 is 2.70 bits per heavy atom. The Labute approximate surface area is 59.3 Å². The van der Waals surface area contributed by atoms with Crippen LogP contribution in [-0.4, -0.2) is 19.3 Å². The van der Waals surface area contributed by atoms with Gasteiger partial charge in [0.15, 0.2) is 5.82 Å². The Kier molecular flexibility index (Phi) is 3.74. The van der Waals surface area contributed by atoms with Gasteiger partial charge in [-0.15, -0.1) is 10.5 Å². The normalized spacial score (nSPS) is 12.4. The third-order valence-corrected chi connectivity index (χ3v) is 0.951. The highest BCUT2D eigenvalue weighted by Crippen LogP contribution is 1.76. The van der Waals surface area contributed by atoms with Gasteiger partial charge in [0, 0.05) is 7.05 Å². The molecule has 0 aromatic rings. The molecule has 0 aliphatic heterocycles. The van der Waals surface area contributed by atoms with Crippen molar-refractivity contribution in [1.82, 2.24) is 10.4 Å². The average Bonchev–Trinajstić information content (AvgIpc) is 2.00. The van der Waals surface area contributed by atoms with Gasteiger partial charge in [-0.2, -0.15) is 10.7 Å². The van der Waals surface area contributed by atoms with Crippen molar-refractivity contribution < 1.29 is 10.2 Å². The molecule has 0 fully saturated rings. The molecule has 0 aromatic heterocycles. The lowest BCUT2D eigenvalue weighted by molar-refractivity contribution is -1.14. The molecule has 6 nitrogen and oxygen atoms in total. The maximum Gasteiger partial charge on any atom is 0.166 e. The van der Waals surface area contributed by atoms with E-state index in [4.69, 9.17) is 5.84 Å². The van der Waals surface area contributed by atoms with Gasteiger partial charge in [0.2, 0.25) is 0 Å². The maximum absolute atomic E-state index is 10.6. The Morgan fingerprint density at radius 2 is 2.40 bits per heavy atom. The van der Waals surface area contributed by atoms with Gasteiger partial charge < -0.3 is 10.5 Å². The van der Waals surface area contributed by atoms with E-state index in [1.54, 1.807) is 7.05 Å². The predicted molar refractivity (Wildman–Crippen MR) is 35.6 cm³/mol. The van der Waals surface area contributed by atoms with E-state index in [0.717, 1.165) is 5.12 Å². The molecule has 6 heteroatoms. The molecule has 60 valence electrons. The average molecular weight is 148 g/mol. The number of hydrogen-bond acceptors (Lipinski definition) is 5. The molecule has 0 aliphatic carbocycles. The van der Waals surface area contributed by atoms with Crippen LogP contribution in [0.15, 0.2) is 12.4 Å². The lowest BCUT2D eigenvalue weighted by Crippen LogP contribution is -3.14. The molecule has 0 amide bonds. The van der Waals surface area contributed by atoms with Crippen molar-refractivity contribution in [2.75, 3.05) is 14.2 Å². The molecule has 0 spiro atoms. The highest BCUT2D eigenvalue weighted by molar-refractivity contribution is 4.80. The zero-order valence-electron chi connectivity index (χ0n) is 6.05. The molecule has 0 aromatic carbocycles. The molecule has 0 rings (SSSR count). The van der Waals surface area contributed by atoms with Crippen LogP contribution in [0.5, 0.6) is 0 Å². The molecular weight excluding hydrogens is 136 g/mol. The number of hydrazine groups is 1. The van der Waals surface area contributed by atoms with Crippen LogP contribution in [0.2, 0.25) is 0 Å². The van der Waals surface area contributed by atoms with Crippen LogP contribution in [0, 0.1) is 5.21 Å². The zero-order valence-corrected chi connectivity index (χ0v) is 6.05. The molecule has 0 aliphatic rings. The van der Waals surface area contributed by atoms with Gasteiger partial charge in [0.25, 0.3) is 0 Å². The summed E-state index contributed by atoms with van der Waals surface area (Å²) in [5.41, 5.74) is 0. The third kappa shape index (κ3) is 2.19. The van der Waals surface area contributed by atoms with Gasteiger partial charge in [0.05, 0.1) is 7.11 Å².